The summed E-state index contributed by atoms with van der Waals surface area (Å²) >= 11 is 0. The van der Waals surface area contributed by atoms with Crippen molar-refractivity contribution in [1.29, 1.82) is 0 Å². The predicted octanol–water partition coefficient (Wildman–Crippen LogP) is 2.13. The zero-order valence-corrected chi connectivity index (χ0v) is 13.0. The topological polar surface area (TPSA) is 50.8 Å². The Morgan fingerprint density at radius 3 is 2.76 bits per heavy atom. The number of carbonyl (C=O) groups is 1. The molecule has 116 valence electrons. The number of methoxy groups -OCH3 is 1. The molecule has 5 heteroatoms. The molecular weight excluding hydrogens is 268 g/mol. The molecule has 1 N–H and O–H groups in total. The van der Waals surface area contributed by atoms with E-state index in [1.807, 2.05) is 24.3 Å². The summed E-state index contributed by atoms with van der Waals surface area (Å²) in [5, 5.41) is 2.90. The third kappa shape index (κ3) is 5.02. The van der Waals surface area contributed by atoms with Crippen molar-refractivity contribution in [2.75, 3.05) is 32.1 Å². The molecule has 1 aromatic rings. The van der Waals surface area contributed by atoms with Gasteiger partial charge in [-0.05, 0) is 26.0 Å². The Kier molecular flexibility index (Phi) is 5.59. The normalized spacial score (nSPS) is 22.8. The van der Waals surface area contributed by atoms with Gasteiger partial charge in [0.15, 0.2) is 0 Å². The highest BCUT2D eigenvalue weighted by Crippen LogP contribution is 2.17. The first-order valence-electron chi connectivity index (χ1n) is 7.38. The van der Waals surface area contributed by atoms with Gasteiger partial charge in [-0.25, -0.2) is 0 Å². The highest BCUT2D eigenvalue weighted by molar-refractivity contribution is 5.91. The lowest BCUT2D eigenvalue weighted by molar-refractivity contribution is -0.117. The summed E-state index contributed by atoms with van der Waals surface area (Å²) in [6.07, 6.45) is 0.946. The molecule has 2 unspecified atom stereocenters. The maximum absolute atomic E-state index is 12.0. The second kappa shape index (κ2) is 7.43. The van der Waals surface area contributed by atoms with Gasteiger partial charge in [0.2, 0.25) is 5.91 Å². The lowest BCUT2D eigenvalue weighted by Gasteiger charge is -2.35. The van der Waals surface area contributed by atoms with Gasteiger partial charge in [0, 0.05) is 37.8 Å². The Bertz CT molecular complexity index is 468. The quantitative estimate of drug-likeness (QED) is 0.903. The minimum Gasteiger partial charge on any atom is -0.497 e. The van der Waals surface area contributed by atoms with Gasteiger partial charge >= 0.3 is 0 Å². The highest BCUT2D eigenvalue weighted by Gasteiger charge is 2.22. The van der Waals surface area contributed by atoms with E-state index in [9.17, 15) is 4.79 Å². The van der Waals surface area contributed by atoms with Crippen molar-refractivity contribution in [2.24, 2.45) is 0 Å². The van der Waals surface area contributed by atoms with Gasteiger partial charge in [0.25, 0.3) is 0 Å². The van der Waals surface area contributed by atoms with E-state index in [4.69, 9.17) is 9.47 Å². The molecule has 1 aliphatic rings. The molecule has 1 saturated heterocycles. The van der Waals surface area contributed by atoms with Crippen LogP contribution in [0.25, 0.3) is 0 Å². The van der Waals surface area contributed by atoms with Crippen molar-refractivity contribution < 1.29 is 14.3 Å². The maximum Gasteiger partial charge on any atom is 0.225 e. The van der Waals surface area contributed by atoms with E-state index in [0.717, 1.165) is 31.1 Å². The number of anilines is 1. The molecule has 1 amide bonds. The fourth-order valence-corrected chi connectivity index (χ4v) is 2.65. The molecule has 1 aromatic carbocycles. The highest BCUT2D eigenvalue weighted by atomic mass is 16.5. The van der Waals surface area contributed by atoms with Crippen molar-refractivity contribution in [1.82, 2.24) is 4.90 Å². The van der Waals surface area contributed by atoms with Crippen LogP contribution in [-0.4, -0.2) is 49.8 Å². The molecule has 0 radical (unpaired) electrons. The van der Waals surface area contributed by atoms with Gasteiger partial charge < -0.3 is 14.8 Å². The molecular formula is C16H24N2O3. The standard InChI is InChI=1S/C16H24N2O3/c1-12-10-18(11-13(2)21-12)8-7-16(19)17-14-5-4-6-15(9-14)20-3/h4-6,9,12-13H,7-8,10-11H2,1-3H3,(H,17,19). The van der Waals surface area contributed by atoms with E-state index in [-0.39, 0.29) is 18.1 Å². The van der Waals surface area contributed by atoms with Gasteiger partial charge in [-0.1, -0.05) is 6.07 Å². The van der Waals surface area contributed by atoms with E-state index in [1.165, 1.54) is 0 Å². The maximum atomic E-state index is 12.0. The molecule has 2 rings (SSSR count). The van der Waals surface area contributed by atoms with Gasteiger partial charge in [-0.3, -0.25) is 9.69 Å². The number of hydrogen-bond acceptors (Lipinski definition) is 4. The first-order chi connectivity index (χ1) is 10.1. The van der Waals surface area contributed by atoms with Crippen LogP contribution in [0.5, 0.6) is 5.75 Å². The molecule has 1 heterocycles. The third-order valence-corrected chi connectivity index (χ3v) is 3.50. The van der Waals surface area contributed by atoms with Crippen LogP contribution in [0.15, 0.2) is 24.3 Å². The number of rotatable bonds is 5. The summed E-state index contributed by atoms with van der Waals surface area (Å²) < 4.78 is 10.8. The van der Waals surface area contributed by atoms with Crippen molar-refractivity contribution in [2.45, 2.75) is 32.5 Å². The number of carbonyl (C=O) groups excluding carboxylic acids is 1. The van der Waals surface area contributed by atoms with E-state index >= 15 is 0 Å². The largest absolute Gasteiger partial charge is 0.497 e. The molecule has 1 aliphatic heterocycles. The monoisotopic (exact) mass is 292 g/mol. The van der Waals surface area contributed by atoms with E-state index in [0.29, 0.717) is 6.42 Å². The second-order valence-corrected chi connectivity index (χ2v) is 5.55. The van der Waals surface area contributed by atoms with Gasteiger partial charge in [-0.15, -0.1) is 0 Å². The lowest BCUT2D eigenvalue weighted by atomic mass is 10.2. The number of ether oxygens (including phenoxy) is 2. The Balaban J connectivity index is 1.79. The SMILES string of the molecule is COc1cccc(NC(=O)CCN2CC(C)OC(C)C2)c1. The van der Waals surface area contributed by atoms with Crippen LogP contribution >= 0.6 is 0 Å². The van der Waals surface area contributed by atoms with Crippen LogP contribution < -0.4 is 10.1 Å². The third-order valence-electron chi connectivity index (χ3n) is 3.50. The molecule has 2 atom stereocenters. The van der Waals surface area contributed by atoms with E-state index in [1.54, 1.807) is 7.11 Å². The van der Waals surface area contributed by atoms with Crippen LogP contribution in [0.2, 0.25) is 0 Å². The molecule has 1 fully saturated rings. The van der Waals surface area contributed by atoms with Crippen molar-refractivity contribution in [3.8, 4) is 5.75 Å². The number of hydrogen-bond donors (Lipinski definition) is 1. The lowest BCUT2D eigenvalue weighted by Crippen LogP contribution is -2.46. The Labute approximate surface area is 126 Å². The zero-order chi connectivity index (χ0) is 15.2. The van der Waals surface area contributed by atoms with Crippen molar-refractivity contribution in [3.05, 3.63) is 24.3 Å². The summed E-state index contributed by atoms with van der Waals surface area (Å²) in [5.41, 5.74) is 0.767. The molecule has 5 nitrogen and oxygen atoms in total. The molecule has 0 bridgehead atoms. The summed E-state index contributed by atoms with van der Waals surface area (Å²) in [6, 6.07) is 7.39. The molecule has 21 heavy (non-hydrogen) atoms. The van der Waals surface area contributed by atoms with E-state index in [2.05, 4.69) is 24.1 Å². The molecule has 0 aromatic heterocycles. The predicted molar refractivity (Wildman–Crippen MR) is 82.7 cm³/mol. The van der Waals surface area contributed by atoms with E-state index < -0.39 is 0 Å². The Morgan fingerprint density at radius 2 is 2.10 bits per heavy atom. The minimum absolute atomic E-state index is 0.0232. The van der Waals surface area contributed by atoms with Crippen LogP contribution in [0.4, 0.5) is 5.69 Å². The minimum atomic E-state index is 0.0232. The number of benzene rings is 1. The zero-order valence-electron chi connectivity index (χ0n) is 13.0. The van der Waals surface area contributed by atoms with Crippen molar-refractivity contribution >= 4 is 11.6 Å². The molecule has 0 saturated carbocycles. The second-order valence-electron chi connectivity index (χ2n) is 5.55. The van der Waals surface area contributed by atoms with Gasteiger partial charge in [-0.2, -0.15) is 0 Å². The summed E-state index contributed by atoms with van der Waals surface area (Å²) in [7, 11) is 1.61. The Hall–Kier alpha value is -1.59. The molecule has 0 aliphatic carbocycles. The fourth-order valence-electron chi connectivity index (χ4n) is 2.65. The first kappa shape index (κ1) is 15.8. The van der Waals surface area contributed by atoms with Crippen LogP contribution in [0.3, 0.4) is 0 Å². The average molecular weight is 292 g/mol. The summed E-state index contributed by atoms with van der Waals surface area (Å²) in [6.45, 7) is 6.67. The van der Waals surface area contributed by atoms with Crippen LogP contribution in [-0.2, 0) is 9.53 Å². The number of morpholine rings is 1. The Morgan fingerprint density at radius 1 is 1.38 bits per heavy atom. The van der Waals surface area contributed by atoms with Crippen LogP contribution in [0, 0.1) is 0 Å². The number of nitrogens with one attached hydrogen (secondary N) is 1. The smallest absolute Gasteiger partial charge is 0.225 e. The first-order valence-corrected chi connectivity index (χ1v) is 7.38. The number of nitrogens with zero attached hydrogens (tertiary/aromatic N) is 1. The van der Waals surface area contributed by atoms with Crippen LogP contribution in [0.1, 0.15) is 20.3 Å². The number of amides is 1. The van der Waals surface area contributed by atoms with Gasteiger partial charge in [0.1, 0.15) is 5.75 Å². The van der Waals surface area contributed by atoms with Crippen molar-refractivity contribution in [3.63, 3.8) is 0 Å². The fraction of sp³-hybridized carbons (Fsp3) is 0.562. The summed E-state index contributed by atoms with van der Waals surface area (Å²) in [4.78, 5) is 14.3. The molecule has 0 spiro atoms. The summed E-state index contributed by atoms with van der Waals surface area (Å²) in [5.74, 6) is 0.763. The van der Waals surface area contributed by atoms with Gasteiger partial charge in [0.05, 0.1) is 19.3 Å². The average Bonchev–Trinajstić information content (AvgIpc) is 2.44.